The van der Waals surface area contributed by atoms with Gasteiger partial charge in [0.2, 0.25) is 0 Å². The summed E-state index contributed by atoms with van der Waals surface area (Å²) in [7, 11) is 0. The molecule has 0 heterocycles. The zero-order chi connectivity index (χ0) is 11.3. The minimum Gasteiger partial charge on any atom is -0.102 e. The predicted octanol–water partition coefficient (Wildman–Crippen LogP) is 4.90. The molecule has 15 heavy (non-hydrogen) atoms. The fourth-order valence-electron chi connectivity index (χ4n) is 1.55. The second-order valence-electron chi connectivity index (χ2n) is 3.84. The molecule has 0 amide bonds. The van der Waals surface area contributed by atoms with Crippen LogP contribution in [0.25, 0.3) is 0 Å². The number of hydrogen-bond donors (Lipinski definition) is 0. The van der Waals surface area contributed by atoms with E-state index in [0.29, 0.717) is 0 Å². The van der Waals surface area contributed by atoms with Gasteiger partial charge >= 0.3 is 0 Å². The number of hydrogen-bond acceptors (Lipinski definition) is 0. The Kier molecular flexibility index (Phi) is 5.10. The molecule has 0 saturated heterocycles. The molecule has 1 unspecified atom stereocenters. The first kappa shape index (κ1) is 12.5. The molecule has 0 N–H and O–H groups in total. The highest BCUT2D eigenvalue weighted by molar-refractivity contribution is 9.10. The maximum atomic E-state index is 4.05. The summed E-state index contributed by atoms with van der Waals surface area (Å²) in [5, 5.41) is 0. The predicted molar refractivity (Wildman–Crippen MR) is 71.0 cm³/mol. The van der Waals surface area contributed by atoms with Gasteiger partial charge in [0.25, 0.3) is 0 Å². The molecule has 1 rings (SSSR count). The van der Waals surface area contributed by atoms with Crippen LogP contribution in [0.5, 0.6) is 0 Å². The lowest BCUT2D eigenvalue weighted by atomic mass is 9.97. The van der Waals surface area contributed by atoms with Crippen molar-refractivity contribution >= 4 is 15.9 Å². The number of halogens is 1. The monoisotopic (exact) mass is 265 g/mol. The highest BCUT2D eigenvalue weighted by Gasteiger charge is 2.04. The fourth-order valence-corrected chi connectivity index (χ4v) is 2.11. The second kappa shape index (κ2) is 6.12. The van der Waals surface area contributed by atoms with Crippen LogP contribution in [0.1, 0.15) is 36.8 Å². The molecule has 1 atom stereocenters. The van der Waals surface area contributed by atoms with E-state index in [9.17, 15) is 0 Å². The van der Waals surface area contributed by atoms with Gasteiger partial charge in [0.1, 0.15) is 0 Å². The fraction of sp³-hybridized carbons (Fsp3) is 0.357. The van der Waals surface area contributed by atoms with Gasteiger partial charge in [-0.15, -0.1) is 6.58 Å². The maximum Gasteiger partial charge on any atom is 0.0180 e. The Morgan fingerprint density at radius 3 is 2.73 bits per heavy atom. The van der Waals surface area contributed by atoms with Crippen LogP contribution in [0.2, 0.25) is 0 Å². The van der Waals surface area contributed by atoms with E-state index in [-0.39, 0.29) is 5.92 Å². The van der Waals surface area contributed by atoms with E-state index in [0.717, 1.165) is 10.9 Å². The Labute approximate surface area is 102 Å². The van der Waals surface area contributed by atoms with Crippen molar-refractivity contribution in [3.8, 4) is 0 Å². The molecule has 1 aromatic carbocycles. The van der Waals surface area contributed by atoms with Crippen LogP contribution in [0.4, 0.5) is 0 Å². The molecule has 0 aliphatic rings. The van der Waals surface area contributed by atoms with Crippen molar-refractivity contribution in [1.82, 2.24) is 0 Å². The van der Waals surface area contributed by atoms with Gasteiger partial charge in [-0.05, 0) is 43.0 Å². The van der Waals surface area contributed by atoms with Crippen molar-refractivity contribution in [2.24, 2.45) is 0 Å². The van der Waals surface area contributed by atoms with Crippen molar-refractivity contribution < 1.29 is 0 Å². The largest absolute Gasteiger partial charge is 0.102 e. The maximum absolute atomic E-state index is 4.05. The lowest BCUT2D eigenvalue weighted by Gasteiger charge is -2.10. The molecular formula is C14H18Br. The van der Waals surface area contributed by atoms with E-state index in [1.165, 1.54) is 24.0 Å². The van der Waals surface area contributed by atoms with Crippen LogP contribution < -0.4 is 0 Å². The molecule has 0 fully saturated rings. The zero-order valence-electron chi connectivity index (χ0n) is 9.30. The molecule has 0 aliphatic carbocycles. The minimum atomic E-state index is 0.183. The summed E-state index contributed by atoms with van der Waals surface area (Å²) in [5.41, 5.74) is 2.63. The third kappa shape index (κ3) is 3.83. The molecule has 0 aromatic heterocycles. The molecule has 1 heteroatoms. The van der Waals surface area contributed by atoms with Crippen LogP contribution in [0.15, 0.2) is 35.3 Å². The standard InChI is InChI=1S/C14H18Br/c1-4-6-7-12-8-13(11(3)5-2)10-14(15)9-12/h5,8-11H,2-4,6-7H2,1H3. The molecule has 0 aliphatic heterocycles. The Morgan fingerprint density at radius 1 is 1.40 bits per heavy atom. The van der Waals surface area contributed by atoms with Crippen molar-refractivity contribution in [2.75, 3.05) is 0 Å². The Bertz CT molecular complexity index is 328. The first-order valence-corrected chi connectivity index (χ1v) is 6.21. The Morgan fingerprint density at radius 2 is 2.13 bits per heavy atom. The highest BCUT2D eigenvalue weighted by Crippen LogP contribution is 2.23. The van der Waals surface area contributed by atoms with E-state index < -0.39 is 0 Å². The van der Waals surface area contributed by atoms with Crippen LogP contribution in [0.3, 0.4) is 0 Å². The topological polar surface area (TPSA) is 0 Å². The first-order chi connectivity index (χ1) is 7.17. The average Bonchev–Trinajstić information content (AvgIpc) is 2.24. The van der Waals surface area contributed by atoms with Gasteiger partial charge in [-0.25, -0.2) is 0 Å². The van der Waals surface area contributed by atoms with Gasteiger partial charge in [0.15, 0.2) is 0 Å². The van der Waals surface area contributed by atoms with Gasteiger partial charge in [0.05, 0.1) is 0 Å². The Balaban J connectivity index is 2.89. The number of benzene rings is 1. The molecule has 1 aromatic rings. The quantitative estimate of drug-likeness (QED) is 0.665. The lowest BCUT2D eigenvalue weighted by Crippen LogP contribution is -1.93. The third-order valence-electron chi connectivity index (χ3n) is 2.51. The molecule has 0 bridgehead atoms. The summed E-state index contributed by atoms with van der Waals surface area (Å²) >= 11 is 3.54. The number of allylic oxidation sites excluding steroid dienone is 1. The van der Waals surface area contributed by atoms with Crippen LogP contribution in [-0.2, 0) is 6.42 Å². The molecule has 0 nitrogen and oxygen atoms in total. The van der Waals surface area contributed by atoms with Crippen LogP contribution >= 0.6 is 15.9 Å². The third-order valence-corrected chi connectivity index (χ3v) is 2.97. The number of rotatable bonds is 5. The normalized spacial score (nSPS) is 12.5. The van der Waals surface area contributed by atoms with Gasteiger partial charge < -0.3 is 0 Å². The van der Waals surface area contributed by atoms with Gasteiger partial charge in [-0.1, -0.05) is 41.4 Å². The van der Waals surface area contributed by atoms with Crippen molar-refractivity contribution in [2.45, 2.75) is 32.1 Å². The van der Waals surface area contributed by atoms with Crippen molar-refractivity contribution in [1.29, 1.82) is 0 Å². The lowest BCUT2D eigenvalue weighted by molar-refractivity contribution is 0.793. The van der Waals surface area contributed by atoms with E-state index >= 15 is 0 Å². The van der Waals surface area contributed by atoms with Crippen LogP contribution in [-0.4, -0.2) is 0 Å². The highest BCUT2D eigenvalue weighted by atomic mass is 79.9. The molecule has 81 valence electrons. The van der Waals surface area contributed by atoms with E-state index in [1.807, 2.05) is 6.08 Å². The molecule has 1 radical (unpaired) electrons. The van der Waals surface area contributed by atoms with Crippen LogP contribution in [0, 0.1) is 6.92 Å². The van der Waals surface area contributed by atoms with Gasteiger partial charge in [0, 0.05) is 10.4 Å². The average molecular weight is 266 g/mol. The number of unbranched alkanes of at least 4 members (excludes halogenated alkanes) is 1. The van der Waals surface area contributed by atoms with Crippen molar-refractivity contribution in [3.63, 3.8) is 0 Å². The van der Waals surface area contributed by atoms with Crippen molar-refractivity contribution in [3.05, 3.63) is 53.4 Å². The van der Waals surface area contributed by atoms with E-state index in [1.54, 1.807) is 0 Å². The second-order valence-corrected chi connectivity index (χ2v) is 4.75. The summed E-state index contributed by atoms with van der Waals surface area (Å²) < 4.78 is 1.14. The van der Waals surface area contributed by atoms with E-state index in [4.69, 9.17) is 0 Å². The Hall–Kier alpha value is -0.560. The van der Waals surface area contributed by atoms with E-state index in [2.05, 4.69) is 54.6 Å². The summed E-state index contributed by atoms with van der Waals surface area (Å²) in [6, 6.07) is 6.55. The molecule has 0 saturated carbocycles. The summed E-state index contributed by atoms with van der Waals surface area (Å²) in [4.78, 5) is 0. The van der Waals surface area contributed by atoms with Gasteiger partial charge in [-0.3, -0.25) is 0 Å². The zero-order valence-corrected chi connectivity index (χ0v) is 10.9. The minimum absolute atomic E-state index is 0.183. The molecule has 0 spiro atoms. The first-order valence-electron chi connectivity index (χ1n) is 5.42. The molecular weight excluding hydrogens is 248 g/mol. The SMILES string of the molecule is [CH2]C(C=C)c1cc(Br)cc(CCCC)c1. The summed E-state index contributed by atoms with van der Waals surface area (Å²) in [6.07, 6.45) is 5.50. The summed E-state index contributed by atoms with van der Waals surface area (Å²) in [5.74, 6) is 0.183. The smallest absolute Gasteiger partial charge is 0.0180 e. The van der Waals surface area contributed by atoms with Gasteiger partial charge in [-0.2, -0.15) is 0 Å². The summed E-state index contributed by atoms with van der Waals surface area (Å²) in [6.45, 7) is 10.0. The number of aryl methyl sites for hydroxylation is 1.